The predicted octanol–water partition coefficient (Wildman–Crippen LogP) is 0.0737. The summed E-state index contributed by atoms with van der Waals surface area (Å²) in [6.07, 6.45) is 1.53. The van der Waals surface area contributed by atoms with Crippen LogP contribution in [-0.4, -0.2) is 39.8 Å². The van der Waals surface area contributed by atoms with E-state index in [2.05, 4.69) is 14.7 Å². The zero-order valence-corrected chi connectivity index (χ0v) is 9.09. The van der Waals surface area contributed by atoms with Gasteiger partial charge in [-0.05, 0) is 12.8 Å². The molecular weight excluding hydrogens is 216 g/mol. The van der Waals surface area contributed by atoms with Gasteiger partial charge in [0.25, 0.3) is 0 Å². The van der Waals surface area contributed by atoms with Gasteiger partial charge in [0.05, 0.1) is 12.1 Å². The van der Waals surface area contributed by atoms with Gasteiger partial charge in [0.2, 0.25) is 11.1 Å². The van der Waals surface area contributed by atoms with E-state index in [1.54, 1.807) is 0 Å². The average molecular weight is 230 g/mol. The second kappa shape index (κ2) is 4.30. The molecule has 0 aliphatic carbocycles. The summed E-state index contributed by atoms with van der Waals surface area (Å²) < 4.78 is 9.14. The van der Waals surface area contributed by atoms with E-state index in [1.165, 1.54) is 11.5 Å². The Morgan fingerprint density at radius 3 is 2.80 bits per heavy atom. The number of aliphatic hydroxyl groups is 1. The van der Waals surface area contributed by atoms with Crippen LogP contribution in [-0.2, 0) is 4.74 Å². The molecule has 6 nitrogen and oxygen atoms in total. The first-order valence-electron chi connectivity index (χ1n) is 4.80. The van der Waals surface area contributed by atoms with Gasteiger partial charge in [0.1, 0.15) is 0 Å². The molecule has 2 heterocycles. The van der Waals surface area contributed by atoms with Crippen LogP contribution < -0.4 is 11.1 Å². The number of rotatable bonds is 3. The first-order valence-corrected chi connectivity index (χ1v) is 5.57. The Labute approximate surface area is 91.6 Å². The van der Waals surface area contributed by atoms with Crippen molar-refractivity contribution >= 4 is 22.6 Å². The summed E-state index contributed by atoms with van der Waals surface area (Å²) in [5.74, 6) is 0.266. The second-order valence-corrected chi connectivity index (χ2v) is 4.39. The average Bonchev–Trinajstić information content (AvgIpc) is 2.65. The zero-order chi connectivity index (χ0) is 10.7. The summed E-state index contributed by atoms with van der Waals surface area (Å²) in [5.41, 5.74) is 5.10. The minimum Gasteiger partial charge on any atom is -0.394 e. The van der Waals surface area contributed by atoms with Gasteiger partial charge >= 0.3 is 0 Å². The molecule has 0 unspecified atom stereocenters. The molecule has 0 saturated carbocycles. The number of nitrogens with zero attached hydrogens (tertiary/aromatic N) is 2. The highest BCUT2D eigenvalue weighted by Crippen LogP contribution is 2.26. The molecule has 1 aromatic rings. The molecule has 1 aromatic heterocycles. The van der Waals surface area contributed by atoms with E-state index in [0.717, 1.165) is 12.8 Å². The third-order valence-corrected chi connectivity index (χ3v) is 3.21. The highest BCUT2D eigenvalue weighted by atomic mass is 32.1. The van der Waals surface area contributed by atoms with E-state index in [0.29, 0.717) is 18.3 Å². The van der Waals surface area contributed by atoms with Crippen LogP contribution in [0.5, 0.6) is 0 Å². The van der Waals surface area contributed by atoms with Gasteiger partial charge in [-0.25, -0.2) is 0 Å². The van der Waals surface area contributed by atoms with Crippen molar-refractivity contribution in [3.05, 3.63) is 0 Å². The quantitative estimate of drug-likeness (QED) is 0.680. The van der Waals surface area contributed by atoms with E-state index in [-0.39, 0.29) is 18.1 Å². The maximum absolute atomic E-state index is 9.42. The van der Waals surface area contributed by atoms with Crippen molar-refractivity contribution in [1.29, 1.82) is 0 Å². The van der Waals surface area contributed by atoms with Gasteiger partial charge in [-0.2, -0.15) is 9.36 Å². The molecule has 1 fully saturated rings. The minimum atomic E-state index is -0.329. The van der Waals surface area contributed by atoms with E-state index >= 15 is 0 Å². The number of hydrogen-bond donors (Lipinski definition) is 3. The van der Waals surface area contributed by atoms with Crippen LogP contribution in [0.2, 0.25) is 0 Å². The summed E-state index contributed by atoms with van der Waals surface area (Å²) in [7, 11) is 0. The molecular formula is C8H14N4O2S. The molecule has 84 valence electrons. The molecule has 15 heavy (non-hydrogen) atoms. The molecule has 0 spiro atoms. The van der Waals surface area contributed by atoms with Crippen molar-refractivity contribution in [1.82, 2.24) is 9.36 Å². The topological polar surface area (TPSA) is 93.3 Å². The van der Waals surface area contributed by atoms with Crippen LogP contribution in [0, 0.1) is 0 Å². The first kappa shape index (κ1) is 10.6. The SMILES string of the molecule is Nc1nsc(NC2(CO)CCOCC2)n1. The highest BCUT2D eigenvalue weighted by molar-refractivity contribution is 7.09. The molecule has 1 aliphatic rings. The van der Waals surface area contributed by atoms with Crippen molar-refractivity contribution in [2.45, 2.75) is 18.4 Å². The first-order chi connectivity index (χ1) is 7.24. The normalized spacial score (nSPS) is 20.1. The van der Waals surface area contributed by atoms with E-state index in [4.69, 9.17) is 10.5 Å². The molecule has 0 amide bonds. The maximum Gasteiger partial charge on any atom is 0.233 e. The van der Waals surface area contributed by atoms with Crippen LogP contribution in [0.15, 0.2) is 0 Å². The zero-order valence-electron chi connectivity index (χ0n) is 8.27. The van der Waals surface area contributed by atoms with E-state index in [9.17, 15) is 5.11 Å². The smallest absolute Gasteiger partial charge is 0.233 e. The number of nitrogen functional groups attached to an aromatic ring is 1. The number of hydrogen-bond acceptors (Lipinski definition) is 7. The summed E-state index contributed by atoms with van der Waals surface area (Å²) in [4.78, 5) is 4.02. The molecule has 1 saturated heterocycles. The van der Waals surface area contributed by atoms with Crippen LogP contribution in [0.25, 0.3) is 0 Å². The van der Waals surface area contributed by atoms with Crippen LogP contribution in [0.4, 0.5) is 11.1 Å². The number of aliphatic hydroxyl groups excluding tert-OH is 1. The van der Waals surface area contributed by atoms with Gasteiger partial charge in [0.15, 0.2) is 0 Å². The number of aromatic nitrogens is 2. The van der Waals surface area contributed by atoms with Crippen molar-refractivity contribution in [2.24, 2.45) is 0 Å². The Balaban J connectivity index is 2.06. The Kier molecular flexibility index (Phi) is 3.03. The third kappa shape index (κ3) is 2.36. The van der Waals surface area contributed by atoms with Crippen LogP contribution >= 0.6 is 11.5 Å². The largest absolute Gasteiger partial charge is 0.394 e. The van der Waals surface area contributed by atoms with Gasteiger partial charge in [-0.3, -0.25) is 0 Å². The monoisotopic (exact) mass is 230 g/mol. The fourth-order valence-electron chi connectivity index (χ4n) is 1.60. The van der Waals surface area contributed by atoms with Gasteiger partial charge in [-0.15, -0.1) is 0 Å². The van der Waals surface area contributed by atoms with Crippen molar-refractivity contribution in [2.75, 3.05) is 30.9 Å². The molecule has 4 N–H and O–H groups in total. The summed E-state index contributed by atoms with van der Waals surface area (Å²) in [6.45, 7) is 1.37. The molecule has 0 radical (unpaired) electrons. The van der Waals surface area contributed by atoms with Gasteiger partial charge in [-0.1, -0.05) is 0 Å². The Hall–Kier alpha value is -0.920. The molecule has 0 bridgehead atoms. The fourth-order valence-corrected chi connectivity index (χ4v) is 2.21. The number of anilines is 2. The maximum atomic E-state index is 9.42. The molecule has 1 aliphatic heterocycles. The number of ether oxygens (including phenoxy) is 1. The van der Waals surface area contributed by atoms with Crippen LogP contribution in [0.3, 0.4) is 0 Å². The molecule has 7 heteroatoms. The summed E-state index contributed by atoms with van der Waals surface area (Å²) in [6, 6.07) is 0. The third-order valence-electron chi connectivity index (χ3n) is 2.57. The lowest BCUT2D eigenvalue weighted by atomic mass is 9.91. The minimum absolute atomic E-state index is 0.0653. The lowest BCUT2D eigenvalue weighted by Gasteiger charge is -2.35. The van der Waals surface area contributed by atoms with Crippen molar-refractivity contribution < 1.29 is 9.84 Å². The molecule has 0 aromatic carbocycles. The fraction of sp³-hybridized carbons (Fsp3) is 0.750. The van der Waals surface area contributed by atoms with Crippen LogP contribution in [0.1, 0.15) is 12.8 Å². The Morgan fingerprint density at radius 2 is 2.27 bits per heavy atom. The lowest BCUT2D eigenvalue weighted by Crippen LogP contribution is -2.46. The van der Waals surface area contributed by atoms with Crippen molar-refractivity contribution in [3.8, 4) is 0 Å². The summed E-state index contributed by atoms with van der Waals surface area (Å²) in [5, 5.41) is 13.3. The molecule has 0 atom stereocenters. The van der Waals surface area contributed by atoms with Gasteiger partial charge in [0, 0.05) is 24.7 Å². The second-order valence-electron chi connectivity index (χ2n) is 3.63. The number of nitrogens with two attached hydrogens (primary N) is 1. The lowest BCUT2D eigenvalue weighted by molar-refractivity contribution is 0.0380. The van der Waals surface area contributed by atoms with Crippen molar-refractivity contribution in [3.63, 3.8) is 0 Å². The standard InChI is InChI=1S/C8H14N4O2S/c9-6-10-7(15-12-6)11-8(5-13)1-3-14-4-2-8/h13H,1-5H2,(H3,9,10,11,12). The van der Waals surface area contributed by atoms with Gasteiger partial charge < -0.3 is 20.9 Å². The van der Waals surface area contributed by atoms with E-state index in [1.807, 2.05) is 0 Å². The Bertz CT molecular complexity index is 324. The highest BCUT2D eigenvalue weighted by Gasteiger charge is 2.32. The number of nitrogens with one attached hydrogen (secondary N) is 1. The predicted molar refractivity (Wildman–Crippen MR) is 57.8 cm³/mol. The summed E-state index contributed by atoms with van der Waals surface area (Å²) >= 11 is 1.21. The molecule has 2 rings (SSSR count). The van der Waals surface area contributed by atoms with E-state index < -0.39 is 0 Å². The Morgan fingerprint density at radius 1 is 1.53 bits per heavy atom.